The number of benzene rings is 1. The molecular weight excluding hydrogens is 506 g/mol. The Hall–Kier alpha value is -0.610. The molecule has 0 saturated heterocycles. The molecule has 1 aromatic heterocycles. The molecule has 1 heterocycles. The monoisotopic (exact) mass is 528 g/mol. The highest BCUT2D eigenvalue weighted by Crippen LogP contribution is 2.23. The first-order valence-electron chi connectivity index (χ1n) is 8.11. The average molecular weight is 529 g/mol. The third kappa shape index (κ3) is 7.56. The van der Waals surface area contributed by atoms with E-state index in [1.165, 1.54) is 0 Å². The zero-order valence-electron chi connectivity index (χ0n) is 14.6. The number of nitrogens with zero attached hydrogens (tertiary/aromatic N) is 2. The van der Waals surface area contributed by atoms with Crippen molar-refractivity contribution in [2.24, 2.45) is 4.99 Å². The summed E-state index contributed by atoms with van der Waals surface area (Å²) >= 11 is 13.6. The van der Waals surface area contributed by atoms with Crippen molar-refractivity contribution in [3.63, 3.8) is 0 Å². The number of hydrogen-bond donors (Lipinski definition) is 3. The van der Waals surface area contributed by atoms with E-state index in [9.17, 15) is 5.11 Å². The van der Waals surface area contributed by atoms with Crippen molar-refractivity contribution in [2.45, 2.75) is 32.9 Å². The second-order valence-electron chi connectivity index (χ2n) is 5.38. The molecule has 1 aromatic carbocycles. The van der Waals surface area contributed by atoms with Crippen molar-refractivity contribution in [3.8, 4) is 0 Å². The normalized spacial score (nSPS) is 12.4. The fourth-order valence-electron chi connectivity index (χ4n) is 2.16. The van der Waals surface area contributed by atoms with Crippen LogP contribution in [-0.4, -0.2) is 29.1 Å². The highest BCUT2D eigenvalue weighted by Gasteiger charge is 2.10. The molecule has 0 fully saturated rings. The molecule has 26 heavy (non-hydrogen) atoms. The molecule has 0 saturated carbocycles. The van der Waals surface area contributed by atoms with Gasteiger partial charge in [-0.1, -0.05) is 30.1 Å². The Balaban J connectivity index is 0.00000338. The van der Waals surface area contributed by atoms with E-state index in [0.29, 0.717) is 34.7 Å². The van der Waals surface area contributed by atoms with Crippen LogP contribution in [0.3, 0.4) is 0 Å². The molecule has 0 aliphatic rings. The summed E-state index contributed by atoms with van der Waals surface area (Å²) in [5.41, 5.74) is 1.61. The smallest absolute Gasteiger partial charge is 0.191 e. The van der Waals surface area contributed by atoms with Crippen molar-refractivity contribution in [1.82, 2.24) is 15.6 Å². The molecule has 0 amide bonds. The van der Waals surface area contributed by atoms with E-state index in [1.807, 2.05) is 12.3 Å². The third-order valence-corrected chi connectivity index (χ3v) is 4.86. The molecule has 2 rings (SSSR count). The number of rotatable bonds is 7. The predicted molar refractivity (Wildman–Crippen MR) is 121 cm³/mol. The molecule has 0 aliphatic carbocycles. The summed E-state index contributed by atoms with van der Waals surface area (Å²) in [4.78, 5) is 9.01. The summed E-state index contributed by atoms with van der Waals surface area (Å²) < 4.78 is 0. The van der Waals surface area contributed by atoms with Gasteiger partial charge < -0.3 is 15.7 Å². The van der Waals surface area contributed by atoms with E-state index in [0.717, 1.165) is 23.7 Å². The highest BCUT2D eigenvalue weighted by molar-refractivity contribution is 14.0. The molecule has 9 heteroatoms. The number of aliphatic hydroxyl groups is 1. The van der Waals surface area contributed by atoms with Crippen LogP contribution in [0.2, 0.25) is 10.0 Å². The summed E-state index contributed by atoms with van der Waals surface area (Å²) in [5, 5.41) is 20.7. The van der Waals surface area contributed by atoms with E-state index in [4.69, 9.17) is 23.2 Å². The van der Waals surface area contributed by atoms with Gasteiger partial charge >= 0.3 is 0 Å². The second-order valence-corrected chi connectivity index (χ2v) is 7.20. The van der Waals surface area contributed by atoms with E-state index in [-0.39, 0.29) is 24.0 Å². The quantitative estimate of drug-likeness (QED) is 0.282. The van der Waals surface area contributed by atoms with Crippen LogP contribution in [0, 0.1) is 0 Å². The number of guanidine groups is 1. The summed E-state index contributed by atoms with van der Waals surface area (Å²) in [6.45, 7) is 5.58. The minimum atomic E-state index is -0.744. The molecule has 0 bridgehead atoms. The van der Waals surface area contributed by atoms with Crippen molar-refractivity contribution in [3.05, 3.63) is 49.9 Å². The Kier molecular flexibility index (Phi) is 10.8. The van der Waals surface area contributed by atoms with Crippen molar-refractivity contribution in [2.75, 3.05) is 13.1 Å². The van der Waals surface area contributed by atoms with E-state index < -0.39 is 6.10 Å². The van der Waals surface area contributed by atoms with Crippen LogP contribution < -0.4 is 10.6 Å². The zero-order chi connectivity index (χ0) is 18.2. The molecule has 0 radical (unpaired) electrons. The first-order valence-corrected chi connectivity index (χ1v) is 9.74. The van der Waals surface area contributed by atoms with Crippen LogP contribution in [-0.2, 0) is 13.0 Å². The van der Waals surface area contributed by atoms with Gasteiger partial charge in [0.25, 0.3) is 0 Å². The number of nitrogens with one attached hydrogen (secondary N) is 2. The lowest BCUT2D eigenvalue weighted by atomic mass is 10.1. The average Bonchev–Trinajstić information content (AvgIpc) is 3.04. The molecular formula is C17H23Cl2IN4OS. The lowest BCUT2D eigenvalue weighted by molar-refractivity contribution is 0.181. The number of aromatic nitrogens is 1. The van der Waals surface area contributed by atoms with Gasteiger partial charge in [0.05, 0.1) is 23.4 Å². The Morgan fingerprint density at radius 2 is 1.92 bits per heavy atom. The van der Waals surface area contributed by atoms with Crippen molar-refractivity contribution < 1.29 is 5.11 Å². The van der Waals surface area contributed by atoms with E-state index in [2.05, 4.69) is 27.5 Å². The molecule has 0 aliphatic heterocycles. The minimum Gasteiger partial charge on any atom is -0.387 e. The Labute approximate surface area is 185 Å². The van der Waals surface area contributed by atoms with Crippen LogP contribution in [0.5, 0.6) is 0 Å². The van der Waals surface area contributed by atoms with Gasteiger partial charge in [-0.25, -0.2) is 9.98 Å². The standard InChI is InChI=1S/C17H22Cl2N4OS.HI/c1-3-16-23-14(10-25-16)8-21-17(20-4-2)22-9-15(24)11-5-12(18)7-13(19)6-11;/h5-7,10,15,24H,3-4,8-9H2,1-2H3,(H2,20,21,22);1H. The van der Waals surface area contributed by atoms with Gasteiger partial charge in [-0.15, -0.1) is 35.3 Å². The van der Waals surface area contributed by atoms with Gasteiger partial charge in [0.1, 0.15) is 0 Å². The van der Waals surface area contributed by atoms with Gasteiger partial charge in [0.15, 0.2) is 5.96 Å². The van der Waals surface area contributed by atoms with Crippen LogP contribution in [0.15, 0.2) is 28.6 Å². The molecule has 2 aromatic rings. The molecule has 3 N–H and O–H groups in total. The lowest BCUT2D eigenvalue weighted by Gasteiger charge is -2.16. The zero-order valence-corrected chi connectivity index (χ0v) is 19.3. The first kappa shape index (κ1) is 23.4. The largest absolute Gasteiger partial charge is 0.387 e. The summed E-state index contributed by atoms with van der Waals surface area (Å²) in [6, 6.07) is 5.04. The maximum Gasteiger partial charge on any atom is 0.191 e. The summed E-state index contributed by atoms with van der Waals surface area (Å²) in [7, 11) is 0. The van der Waals surface area contributed by atoms with E-state index in [1.54, 1.807) is 29.5 Å². The van der Waals surface area contributed by atoms with Crippen LogP contribution >= 0.6 is 58.5 Å². The SMILES string of the molecule is CCNC(=NCc1csc(CC)n1)NCC(O)c1cc(Cl)cc(Cl)c1.I. The topological polar surface area (TPSA) is 69.5 Å². The number of aliphatic imine (C=N–C) groups is 1. The van der Waals surface area contributed by atoms with Gasteiger partial charge in [0.2, 0.25) is 0 Å². The number of halogens is 3. The molecule has 144 valence electrons. The fraction of sp³-hybridized carbons (Fsp3) is 0.412. The maximum atomic E-state index is 10.3. The number of hydrogen-bond acceptors (Lipinski definition) is 4. The van der Waals surface area contributed by atoms with Crippen LogP contribution in [0.4, 0.5) is 0 Å². The third-order valence-electron chi connectivity index (χ3n) is 3.38. The van der Waals surface area contributed by atoms with E-state index >= 15 is 0 Å². The fourth-order valence-corrected chi connectivity index (χ4v) is 3.44. The number of aryl methyl sites for hydroxylation is 1. The Bertz CT molecular complexity index is 706. The minimum absolute atomic E-state index is 0. The van der Waals surface area contributed by atoms with Crippen LogP contribution in [0.1, 0.15) is 36.2 Å². The number of thiazole rings is 1. The van der Waals surface area contributed by atoms with Crippen LogP contribution in [0.25, 0.3) is 0 Å². The van der Waals surface area contributed by atoms with Gasteiger partial charge in [-0.2, -0.15) is 0 Å². The van der Waals surface area contributed by atoms with Gasteiger partial charge in [0, 0.05) is 28.5 Å². The Morgan fingerprint density at radius 3 is 2.50 bits per heavy atom. The molecule has 0 spiro atoms. The highest BCUT2D eigenvalue weighted by atomic mass is 127. The Morgan fingerprint density at radius 1 is 1.23 bits per heavy atom. The second kappa shape index (κ2) is 12.0. The summed E-state index contributed by atoms with van der Waals surface area (Å²) in [6.07, 6.45) is 0.187. The van der Waals surface area contributed by atoms with Gasteiger partial charge in [-0.3, -0.25) is 0 Å². The van der Waals surface area contributed by atoms with Crippen molar-refractivity contribution >= 4 is 64.5 Å². The van der Waals surface area contributed by atoms with Crippen molar-refractivity contribution in [1.29, 1.82) is 0 Å². The number of aliphatic hydroxyl groups excluding tert-OH is 1. The molecule has 5 nitrogen and oxygen atoms in total. The molecule has 1 unspecified atom stereocenters. The first-order chi connectivity index (χ1) is 12.0. The molecule has 1 atom stereocenters. The lowest BCUT2D eigenvalue weighted by Crippen LogP contribution is -2.39. The van der Waals surface area contributed by atoms with Gasteiger partial charge in [-0.05, 0) is 37.1 Å². The summed E-state index contributed by atoms with van der Waals surface area (Å²) in [5.74, 6) is 0.626. The predicted octanol–water partition coefficient (Wildman–Crippen LogP) is 4.42. The maximum absolute atomic E-state index is 10.3.